The Labute approximate surface area is 112 Å². The van der Waals surface area contributed by atoms with Crippen molar-refractivity contribution >= 4 is 17.7 Å². The van der Waals surface area contributed by atoms with Crippen molar-refractivity contribution in [3.8, 4) is 0 Å². The van der Waals surface area contributed by atoms with Crippen LogP contribution in [0, 0.1) is 0 Å². The lowest BCUT2D eigenvalue weighted by atomic mass is 10.4. The van der Waals surface area contributed by atoms with Crippen molar-refractivity contribution in [3.05, 3.63) is 18.5 Å². The van der Waals surface area contributed by atoms with E-state index in [9.17, 15) is 4.79 Å². The van der Waals surface area contributed by atoms with E-state index >= 15 is 0 Å². The minimum atomic E-state index is 0.0150. The molecule has 0 aromatic carbocycles. The zero-order valence-corrected chi connectivity index (χ0v) is 12.0. The first-order chi connectivity index (χ1) is 8.58. The summed E-state index contributed by atoms with van der Waals surface area (Å²) in [5, 5.41) is 11.8. The van der Waals surface area contributed by atoms with Gasteiger partial charge in [0.2, 0.25) is 5.91 Å². The number of rotatable bonds is 7. The lowest BCUT2D eigenvalue weighted by molar-refractivity contribution is -0.119. The molecule has 1 amide bonds. The summed E-state index contributed by atoms with van der Waals surface area (Å²) in [6, 6.07) is 0.162. The van der Waals surface area contributed by atoms with Gasteiger partial charge in [-0.1, -0.05) is 24.8 Å². The molecule has 0 spiro atoms. The van der Waals surface area contributed by atoms with Gasteiger partial charge in [0.05, 0.1) is 5.75 Å². The van der Waals surface area contributed by atoms with Gasteiger partial charge in [-0.25, -0.2) is 0 Å². The van der Waals surface area contributed by atoms with Gasteiger partial charge in [0.15, 0.2) is 5.16 Å². The molecule has 0 radical (unpaired) electrons. The fourth-order valence-corrected chi connectivity index (χ4v) is 2.27. The van der Waals surface area contributed by atoms with E-state index in [4.69, 9.17) is 0 Å². The van der Waals surface area contributed by atoms with E-state index in [2.05, 4.69) is 22.1 Å². The summed E-state index contributed by atoms with van der Waals surface area (Å²) in [7, 11) is 0. The molecule has 18 heavy (non-hydrogen) atoms. The molecule has 0 saturated carbocycles. The van der Waals surface area contributed by atoms with Crippen LogP contribution in [0.4, 0.5) is 0 Å². The van der Waals surface area contributed by atoms with Crippen molar-refractivity contribution in [2.24, 2.45) is 0 Å². The predicted octanol–water partition coefficient (Wildman–Crippen LogP) is 1.64. The molecule has 0 aliphatic carbocycles. The first-order valence-corrected chi connectivity index (χ1v) is 7.02. The molecular formula is C12H20N4OS. The molecule has 1 heterocycles. The van der Waals surface area contributed by atoms with Crippen LogP contribution in [0.1, 0.15) is 26.6 Å². The number of hydrogen-bond acceptors (Lipinski definition) is 4. The van der Waals surface area contributed by atoms with Crippen LogP contribution >= 0.6 is 11.8 Å². The third kappa shape index (κ3) is 4.18. The molecule has 1 N–H and O–H groups in total. The third-order valence-electron chi connectivity index (χ3n) is 2.20. The van der Waals surface area contributed by atoms with E-state index in [-0.39, 0.29) is 11.9 Å². The molecule has 0 atom stereocenters. The van der Waals surface area contributed by atoms with Gasteiger partial charge in [-0.2, -0.15) is 0 Å². The fraction of sp³-hybridized carbons (Fsp3) is 0.583. The number of amides is 1. The second kappa shape index (κ2) is 7.20. The van der Waals surface area contributed by atoms with Crippen molar-refractivity contribution < 1.29 is 4.79 Å². The van der Waals surface area contributed by atoms with E-state index in [0.717, 1.165) is 17.4 Å². The molecular weight excluding hydrogens is 248 g/mol. The van der Waals surface area contributed by atoms with Crippen LogP contribution in [0.5, 0.6) is 0 Å². The molecule has 1 rings (SSSR count). The van der Waals surface area contributed by atoms with Crippen molar-refractivity contribution in [3.63, 3.8) is 0 Å². The number of thioether (sulfide) groups is 1. The summed E-state index contributed by atoms with van der Waals surface area (Å²) in [6.45, 7) is 10.3. The lowest BCUT2D eigenvalue weighted by Crippen LogP contribution is -2.31. The Morgan fingerprint density at radius 2 is 2.28 bits per heavy atom. The molecule has 0 saturated heterocycles. The predicted molar refractivity (Wildman–Crippen MR) is 73.6 cm³/mol. The van der Waals surface area contributed by atoms with Crippen LogP contribution in [0.25, 0.3) is 0 Å². The smallest absolute Gasteiger partial charge is 0.230 e. The van der Waals surface area contributed by atoms with Crippen LogP contribution in [0.2, 0.25) is 0 Å². The maximum Gasteiger partial charge on any atom is 0.230 e. The van der Waals surface area contributed by atoms with Crippen LogP contribution in [0.3, 0.4) is 0 Å². The highest BCUT2D eigenvalue weighted by atomic mass is 32.2. The van der Waals surface area contributed by atoms with Crippen molar-refractivity contribution in [1.82, 2.24) is 20.1 Å². The first kappa shape index (κ1) is 14.8. The topological polar surface area (TPSA) is 59.8 Å². The highest BCUT2D eigenvalue weighted by molar-refractivity contribution is 7.99. The Balaban J connectivity index is 2.64. The molecule has 0 aliphatic rings. The summed E-state index contributed by atoms with van der Waals surface area (Å²) in [4.78, 5) is 11.6. The monoisotopic (exact) mass is 268 g/mol. The molecule has 1 aromatic rings. The minimum absolute atomic E-state index is 0.0150. The first-order valence-electron chi connectivity index (χ1n) is 6.03. The standard InChI is InChI=1S/C12H20N4OS/c1-5-7-16-10(6-2)14-15-12(16)18-8-11(17)13-9(3)4/h5,9H,1,6-8H2,2-4H3,(H,13,17). The Hall–Kier alpha value is -1.30. The summed E-state index contributed by atoms with van der Waals surface area (Å²) >= 11 is 1.40. The number of carbonyl (C=O) groups excluding carboxylic acids is 1. The summed E-state index contributed by atoms with van der Waals surface area (Å²) in [5.74, 6) is 1.29. The van der Waals surface area contributed by atoms with Gasteiger partial charge in [0, 0.05) is 19.0 Å². The average Bonchev–Trinajstić information content (AvgIpc) is 2.68. The van der Waals surface area contributed by atoms with E-state index in [1.165, 1.54) is 11.8 Å². The number of aromatic nitrogens is 3. The SMILES string of the molecule is C=CCn1c(CC)nnc1SCC(=O)NC(C)C. The number of nitrogens with zero attached hydrogens (tertiary/aromatic N) is 3. The Bertz CT molecular complexity index is 414. The van der Waals surface area contributed by atoms with Crippen LogP contribution in [-0.2, 0) is 17.8 Å². The second-order valence-corrected chi connectivity index (χ2v) is 5.11. The average molecular weight is 268 g/mol. The second-order valence-electron chi connectivity index (χ2n) is 4.16. The zero-order valence-electron chi connectivity index (χ0n) is 11.1. The normalized spacial score (nSPS) is 10.7. The molecule has 100 valence electrons. The summed E-state index contributed by atoms with van der Waals surface area (Å²) in [5.41, 5.74) is 0. The number of carbonyl (C=O) groups is 1. The Morgan fingerprint density at radius 1 is 1.56 bits per heavy atom. The van der Waals surface area contributed by atoms with Gasteiger partial charge >= 0.3 is 0 Å². The van der Waals surface area contributed by atoms with Gasteiger partial charge in [-0.15, -0.1) is 16.8 Å². The molecule has 0 aliphatic heterocycles. The van der Waals surface area contributed by atoms with Gasteiger partial charge in [-0.05, 0) is 13.8 Å². The largest absolute Gasteiger partial charge is 0.353 e. The van der Waals surface area contributed by atoms with Gasteiger partial charge < -0.3 is 9.88 Å². The van der Waals surface area contributed by atoms with Gasteiger partial charge in [0.25, 0.3) is 0 Å². The third-order valence-corrected chi connectivity index (χ3v) is 3.17. The quantitative estimate of drug-likeness (QED) is 0.603. The van der Waals surface area contributed by atoms with Gasteiger partial charge in [-0.3, -0.25) is 4.79 Å². The van der Waals surface area contributed by atoms with Crippen LogP contribution in [0.15, 0.2) is 17.8 Å². The zero-order chi connectivity index (χ0) is 13.5. The van der Waals surface area contributed by atoms with Crippen molar-refractivity contribution in [1.29, 1.82) is 0 Å². The highest BCUT2D eigenvalue weighted by Crippen LogP contribution is 2.17. The van der Waals surface area contributed by atoms with Crippen molar-refractivity contribution in [2.45, 2.75) is 44.9 Å². The Morgan fingerprint density at radius 3 is 2.83 bits per heavy atom. The maximum atomic E-state index is 11.6. The molecule has 0 fully saturated rings. The summed E-state index contributed by atoms with van der Waals surface area (Å²) in [6.07, 6.45) is 2.63. The van der Waals surface area contributed by atoms with Crippen LogP contribution in [-0.4, -0.2) is 32.5 Å². The molecule has 6 heteroatoms. The minimum Gasteiger partial charge on any atom is -0.353 e. The number of nitrogens with one attached hydrogen (secondary N) is 1. The molecule has 0 bridgehead atoms. The van der Waals surface area contributed by atoms with Gasteiger partial charge in [0.1, 0.15) is 5.82 Å². The number of allylic oxidation sites excluding steroid dienone is 1. The summed E-state index contributed by atoms with van der Waals surface area (Å²) < 4.78 is 1.99. The van der Waals surface area contributed by atoms with Crippen LogP contribution < -0.4 is 5.32 Å². The number of hydrogen-bond donors (Lipinski definition) is 1. The van der Waals surface area contributed by atoms with Crippen molar-refractivity contribution in [2.75, 3.05) is 5.75 Å². The van der Waals surface area contributed by atoms with E-state index < -0.39 is 0 Å². The van der Waals surface area contributed by atoms with E-state index in [1.54, 1.807) is 6.08 Å². The molecule has 5 nitrogen and oxygen atoms in total. The van der Waals surface area contributed by atoms with E-state index in [0.29, 0.717) is 12.3 Å². The van der Waals surface area contributed by atoms with E-state index in [1.807, 2.05) is 25.3 Å². The maximum absolute atomic E-state index is 11.6. The Kier molecular flexibility index (Phi) is 5.91. The number of aryl methyl sites for hydroxylation is 1. The fourth-order valence-electron chi connectivity index (χ4n) is 1.49. The highest BCUT2D eigenvalue weighted by Gasteiger charge is 2.12. The molecule has 1 aromatic heterocycles. The molecule has 0 unspecified atom stereocenters. The lowest BCUT2D eigenvalue weighted by Gasteiger charge is -2.08.